The molecule has 7 heteroatoms. The first-order valence-corrected chi connectivity index (χ1v) is 7.87. The molecule has 2 amide bonds. The maximum Gasteiger partial charge on any atom is 0.321 e. The predicted molar refractivity (Wildman–Crippen MR) is 93.9 cm³/mol. The van der Waals surface area contributed by atoms with Crippen molar-refractivity contribution in [2.75, 3.05) is 32.6 Å². The van der Waals surface area contributed by atoms with Crippen LogP contribution in [-0.4, -0.2) is 43.2 Å². The number of hydrogen-bond donors (Lipinski definition) is 1. The Kier molecular flexibility index (Phi) is 6.84. The van der Waals surface area contributed by atoms with Crippen molar-refractivity contribution in [3.63, 3.8) is 0 Å². The van der Waals surface area contributed by atoms with E-state index in [1.54, 1.807) is 61.8 Å². The number of hydrogen-bond acceptors (Lipinski definition) is 4. The molecule has 2 aromatic rings. The highest BCUT2D eigenvalue weighted by atomic mass is 35.5. The minimum Gasteiger partial charge on any atom is -0.452 e. The van der Waals surface area contributed by atoms with E-state index in [1.807, 2.05) is 0 Å². The van der Waals surface area contributed by atoms with Gasteiger partial charge in [-0.15, -0.1) is 0 Å². The third-order valence-corrected chi connectivity index (χ3v) is 3.55. The number of pyridine rings is 1. The van der Waals surface area contributed by atoms with Gasteiger partial charge < -0.3 is 19.7 Å². The Morgan fingerprint density at radius 3 is 2.88 bits per heavy atom. The third kappa shape index (κ3) is 5.11. The Morgan fingerprint density at radius 2 is 2.17 bits per heavy atom. The number of nitrogens with one attached hydrogen (secondary N) is 1. The second-order valence-corrected chi connectivity index (χ2v) is 5.51. The van der Waals surface area contributed by atoms with Crippen LogP contribution in [-0.2, 0) is 4.74 Å². The summed E-state index contributed by atoms with van der Waals surface area (Å²) in [5.74, 6) is 0.917. The lowest BCUT2D eigenvalue weighted by Crippen LogP contribution is -2.32. The van der Waals surface area contributed by atoms with E-state index in [9.17, 15) is 4.79 Å². The number of carbonyl (C=O) groups is 1. The van der Waals surface area contributed by atoms with Crippen LogP contribution in [0, 0.1) is 0 Å². The van der Waals surface area contributed by atoms with Gasteiger partial charge in [0.25, 0.3) is 0 Å². The van der Waals surface area contributed by atoms with Crippen LogP contribution >= 0.6 is 11.6 Å². The summed E-state index contributed by atoms with van der Waals surface area (Å²) in [4.78, 5) is 17.9. The number of amides is 2. The van der Waals surface area contributed by atoms with E-state index < -0.39 is 0 Å². The Hall–Kier alpha value is -2.31. The number of ether oxygens (including phenoxy) is 2. The molecule has 0 atom stereocenters. The molecule has 0 spiro atoms. The molecule has 0 saturated carbocycles. The number of benzene rings is 1. The Labute approximate surface area is 146 Å². The van der Waals surface area contributed by atoms with E-state index in [0.29, 0.717) is 35.4 Å². The Balaban J connectivity index is 2.10. The fourth-order valence-corrected chi connectivity index (χ4v) is 2.21. The summed E-state index contributed by atoms with van der Waals surface area (Å²) in [5, 5.41) is 3.22. The van der Waals surface area contributed by atoms with E-state index in [4.69, 9.17) is 21.1 Å². The Morgan fingerprint density at radius 1 is 1.33 bits per heavy atom. The zero-order chi connectivity index (χ0) is 17.4. The number of para-hydroxylation sites is 1. The van der Waals surface area contributed by atoms with Crippen LogP contribution < -0.4 is 10.1 Å². The molecule has 0 radical (unpaired) electrons. The molecule has 0 aliphatic carbocycles. The second kappa shape index (κ2) is 9.10. The van der Waals surface area contributed by atoms with Gasteiger partial charge in [-0.05, 0) is 30.7 Å². The van der Waals surface area contributed by atoms with E-state index in [0.717, 1.165) is 6.42 Å². The van der Waals surface area contributed by atoms with Crippen molar-refractivity contribution in [2.24, 2.45) is 0 Å². The normalized spacial score (nSPS) is 10.3. The van der Waals surface area contributed by atoms with Gasteiger partial charge in [0.05, 0.1) is 16.9 Å². The van der Waals surface area contributed by atoms with Gasteiger partial charge in [-0.25, -0.2) is 4.79 Å². The van der Waals surface area contributed by atoms with E-state index in [-0.39, 0.29) is 6.03 Å². The highest BCUT2D eigenvalue weighted by Crippen LogP contribution is 2.36. The summed E-state index contributed by atoms with van der Waals surface area (Å²) in [7, 11) is 3.35. The maximum atomic E-state index is 12.3. The molecule has 1 aromatic carbocycles. The lowest BCUT2D eigenvalue weighted by molar-refractivity contribution is 0.179. The molecule has 1 N–H and O–H groups in total. The van der Waals surface area contributed by atoms with Gasteiger partial charge in [0.1, 0.15) is 5.75 Å². The van der Waals surface area contributed by atoms with Gasteiger partial charge in [-0.1, -0.05) is 17.7 Å². The SMILES string of the molecule is COCCCN(C)C(=O)Nc1cccc(Cl)c1Oc1cccnc1. The average molecular weight is 350 g/mol. The van der Waals surface area contributed by atoms with E-state index in [2.05, 4.69) is 10.3 Å². The molecule has 0 saturated heterocycles. The standard InChI is InChI=1S/C17H20ClN3O3/c1-21(10-5-11-23-2)17(22)20-15-8-3-7-14(18)16(15)24-13-6-4-9-19-12-13/h3-4,6-9,12H,5,10-11H2,1-2H3,(H,20,22). The van der Waals surface area contributed by atoms with Gasteiger partial charge in [0, 0.05) is 33.5 Å². The Bertz CT molecular complexity index is 667. The molecule has 0 aliphatic rings. The number of nitrogens with zero attached hydrogens (tertiary/aromatic N) is 2. The molecule has 1 aromatic heterocycles. The summed E-state index contributed by atoms with van der Waals surface area (Å²) in [6, 6.07) is 8.46. The highest BCUT2D eigenvalue weighted by Gasteiger charge is 2.15. The number of carbonyl (C=O) groups excluding carboxylic acids is 1. The summed E-state index contributed by atoms with van der Waals surface area (Å²) >= 11 is 6.22. The molecule has 0 aliphatic heterocycles. The van der Waals surface area contributed by atoms with Crippen molar-refractivity contribution in [1.29, 1.82) is 0 Å². The molecular formula is C17H20ClN3O3. The molecule has 2 rings (SSSR count). The van der Waals surface area contributed by atoms with Crippen molar-refractivity contribution >= 4 is 23.3 Å². The number of anilines is 1. The number of rotatable bonds is 7. The van der Waals surface area contributed by atoms with Crippen LogP contribution in [0.4, 0.5) is 10.5 Å². The van der Waals surface area contributed by atoms with Crippen molar-refractivity contribution in [1.82, 2.24) is 9.88 Å². The minimum absolute atomic E-state index is 0.246. The first kappa shape index (κ1) is 18.0. The van der Waals surface area contributed by atoms with Crippen molar-refractivity contribution in [2.45, 2.75) is 6.42 Å². The third-order valence-electron chi connectivity index (χ3n) is 3.25. The number of halogens is 1. The topological polar surface area (TPSA) is 63.7 Å². The van der Waals surface area contributed by atoms with E-state index >= 15 is 0 Å². The molecule has 0 unspecified atom stereocenters. The summed E-state index contributed by atoms with van der Waals surface area (Å²) < 4.78 is 10.8. The van der Waals surface area contributed by atoms with Crippen molar-refractivity contribution < 1.29 is 14.3 Å². The fourth-order valence-electron chi connectivity index (χ4n) is 1.99. The second-order valence-electron chi connectivity index (χ2n) is 5.11. The van der Waals surface area contributed by atoms with Crippen LogP contribution in [0.2, 0.25) is 5.02 Å². The minimum atomic E-state index is -0.246. The smallest absolute Gasteiger partial charge is 0.321 e. The van der Waals surface area contributed by atoms with Crippen LogP contribution in [0.25, 0.3) is 0 Å². The van der Waals surface area contributed by atoms with Crippen molar-refractivity contribution in [3.8, 4) is 11.5 Å². The van der Waals surface area contributed by atoms with Crippen LogP contribution in [0.1, 0.15) is 6.42 Å². The van der Waals surface area contributed by atoms with Crippen LogP contribution in [0.3, 0.4) is 0 Å². The molecule has 6 nitrogen and oxygen atoms in total. The highest BCUT2D eigenvalue weighted by molar-refractivity contribution is 6.32. The first-order valence-electron chi connectivity index (χ1n) is 7.49. The lowest BCUT2D eigenvalue weighted by atomic mass is 10.3. The van der Waals surface area contributed by atoms with Gasteiger partial charge in [0.2, 0.25) is 0 Å². The summed E-state index contributed by atoms with van der Waals surface area (Å²) in [6.07, 6.45) is 3.98. The van der Waals surface area contributed by atoms with Gasteiger partial charge in [0.15, 0.2) is 5.75 Å². The van der Waals surface area contributed by atoms with Crippen molar-refractivity contribution in [3.05, 3.63) is 47.7 Å². The largest absolute Gasteiger partial charge is 0.452 e. The van der Waals surface area contributed by atoms with Crippen LogP contribution in [0.5, 0.6) is 11.5 Å². The molecule has 0 bridgehead atoms. The zero-order valence-electron chi connectivity index (χ0n) is 13.7. The summed E-state index contributed by atoms with van der Waals surface area (Å²) in [6.45, 7) is 1.18. The molecule has 128 valence electrons. The quantitative estimate of drug-likeness (QED) is 0.766. The zero-order valence-corrected chi connectivity index (χ0v) is 14.4. The molecular weight excluding hydrogens is 330 g/mol. The number of methoxy groups -OCH3 is 1. The fraction of sp³-hybridized carbons (Fsp3) is 0.294. The van der Waals surface area contributed by atoms with Gasteiger partial charge in [-0.3, -0.25) is 4.98 Å². The number of aromatic nitrogens is 1. The maximum absolute atomic E-state index is 12.3. The summed E-state index contributed by atoms with van der Waals surface area (Å²) in [5.41, 5.74) is 0.495. The van der Waals surface area contributed by atoms with Crippen LogP contribution in [0.15, 0.2) is 42.7 Å². The molecule has 1 heterocycles. The molecule has 0 fully saturated rings. The lowest BCUT2D eigenvalue weighted by Gasteiger charge is -2.19. The van der Waals surface area contributed by atoms with E-state index in [1.165, 1.54) is 0 Å². The van der Waals surface area contributed by atoms with Gasteiger partial charge in [-0.2, -0.15) is 0 Å². The number of urea groups is 1. The molecule has 24 heavy (non-hydrogen) atoms. The predicted octanol–water partition coefficient (Wildman–Crippen LogP) is 4.03. The van der Waals surface area contributed by atoms with Gasteiger partial charge >= 0.3 is 6.03 Å². The monoisotopic (exact) mass is 349 g/mol. The first-order chi connectivity index (χ1) is 11.6. The average Bonchev–Trinajstić information content (AvgIpc) is 2.59.